The van der Waals surface area contributed by atoms with E-state index >= 15 is 0 Å². The molecule has 0 saturated heterocycles. The van der Waals surface area contributed by atoms with E-state index in [0.29, 0.717) is 5.02 Å². The van der Waals surface area contributed by atoms with E-state index in [1.165, 1.54) is 6.92 Å². The maximum atomic E-state index is 10.5. The Labute approximate surface area is 82.2 Å². The second-order valence-electron chi connectivity index (χ2n) is 2.56. The molecule has 0 radical (unpaired) electrons. The van der Waals surface area contributed by atoms with Crippen LogP contribution >= 0.6 is 11.6 Å². The second kappa shape index (κ2) is 4.67. The van der Waals surface area contributed by atoms with E-state index in [1.54, 1.807) is 18.3 Å². The predicted octanol–water partition coefficient (Wildman–Crippen LogP) is 2.45. The lowest BCUT2D eigenvalue weighted by molar-refractivity contribution is -0.118. The topological polar surface area (TPSA) is 29.1 Å². The van der Waals surface area contributed by atoms with Gasteiger partial charge in [0.1, 0.15) is 0 Å². The Bertz CT molecular complexity index is 333. The number of halogens is 1. The maximum absolute atomic E-state index is 10.5. The molecule has 13 heavy (non-hydrogen) atoms. The molecule has 0 aromatic heterocycles. The average molecular weight is 196 g/mol. The lowest BCUT2D eigenvalue weighted by Gasteiger charge is -1.96. The molecule has 0 unspecified atom stereocenters. The smallest absolute Gasteiger partial charge is 0.220 e. The fourth-order valence-corrected chi connectivity index (χ4v) is 1.06. The first-order valence-electron chi connectivity index (χ1n) is 3.88. The molecule has 0 aliphatic rings. The minimum atomic E-state index is -0.0942. The van der Waals surface area contributed by atoms with Gasteiger partial charge >= 0.3 is 0 Å². The molecule has 3 heteroatoms. The zero-order valence-electron chi connectivity index (χ0n) is 7.25. The Balaban J connectivity index is 2.68. The van der Waals surface area contributed by atoms with E-state index in [-0.39, 0.29) is 5.91 Å². The molecule has 1 N–H and O–H groups in total. The Kier molecular flexibility index (Phi) is 3.53. The van der Waals surface area contributed by atoms with E-state index in [0.717, 1.165) is 5.56 Å². The van der Waals surface area contributed by atoms with Crippen molar-refractivity contribution in [3.05, 3.63) is 41.1 Å². The van der Waals surface area contributed by atoms with Gasteiger partial charge in [0.25, 0.3) is 0 Å². The summed E-state index contributed by atoms with van der Waals surface area (Å²) in [4.78, 5) is 10.5. The normalized spacial score (nSPS) is 10.3. The third-order valence-corrected chi connectivity index (χ3v) is 1.80. The van der Waals surface area contributed by atoms with Crippen LogP contribution in [0.1, 0.15) is 12.5 Å². The molecule has 1 amide bonds. The number of hydrogen-bond acceptors (Lipinski definition) is 1. The van der Waals surface area contributed by atoms with Gasteiger partial charge in [-0.3, -0.25) is 4.79 Å². The van der Waals surface area contributed by atoms with Gasteiger partial charge in [0, 0.05) is 18.1 Å². The van der Waals surface area contributed by atoms with Gasteiger partial charge in [-0.25, -0.2) is 0 Å². The summed E-state index contributed by atoms with van der Waals surface area (Å²) in [6, 6.07) is 7.42. The van der Waals surface area contributed by atoms with Gasteiger partial charge < -0.3 is 5.32 Å². The van der Waals surface area contributed by atoms with Crippen molar-refractivity contribution in [1.29, 1.82) is 0 Å². The first-order chi connectivity index (χ1) is 6.20. The van der Waals surface area contributed by atoms with Crippen molar-refractivity contribution in [2.45, 2.75) is 6.92 Å². The Morgan fingerprint density at radius 3 is 2.77 bits per heavy atom. The van der Waals surface area contributed by atoms with Gasteiger partial charge in [0.2, 0.25) is 5.91 Å². The third kappa shape index (κ3) is 3.30. The summed E-state index contributed by atoms with van der Waals surface area (Å²) >= 11 is 5.88. The molecule has 0 spiro atoms. The zero-order chi connectivity index (χ0) is 9.68. The summed E-state index contributed by atoms with van der Waals surface area (Å²) in [6.45, 7) is 1.46. The van der Waals surface area contributed by atoms with Crippen LogP contribution in [0.3, 0.4) is 0 Å². The fraction of sp³-hybridized carbons (Fsp3) is 0.100. The fourth-order valence-electron chi connectivity index (χ4n) is 0.859. The van der Waals surface area contributed by atoms with Crippen LogP contribution in [0.5, 0.6) is 0 Å². The van der Waals surface area contributed by atoms with Crippen molar-refractivity contribution in [2.24, 2.45) is 0 Å². The molecule has 2 nitrogen and oxygen atoms in total. The number of carbonyl (C=O) groups is 1. The molecule has 0 heterocycles. The van der Waals surface area contributed by atoms with Gasteiger partial charge in [0.15, 0.2) is 0 Å². The lowest BCUT2D eigenvalue weighted by Crippen LogP contribution is -2.10. The van der Waals surface area contributed by atoms with Gasteiger partial charge in [-0.15, -0.1) is 0 Å². The van der Waals surface area contributed by atoms with E-state index in [4.69, 9.17) is 11.6 Å². The molecule has 68 valence electrons. The highest BCUT2D eigenvalue weighted by molar-refractivity contribution is 6.32. The molecule has 0 aliphatic heterocycles. The van der Waals surface area contributed by atoms with Crippen LogP contribution in [-0.4, -0.2) is 5.91 Å². The summed E-state index contributed by atoms with van der Waals surface area (Å²) < 4.78 is 0. The van der Waals surface area contributed by atoms with E-state index in [1.807, 2.05) is 18.2 Å². The van der Waals surface area contributed by atoms with Crippen molar-refractivity contribution in [1.82, 2.24) is 5.32 Å². The quantitative estimate of drug-likeness (QED) is 0.772. The highest BCUT2D eigenvalue weighted by Crippen LogP contribution is 2.15. The SMILES string of the molecule is CC(=O)NC=Cc1ccccc1Cl. The number of hydrogen-bond donors (Lipinski definition) is 1. The third-order valence-electron chi connectivity index (χ3n) is 1.45. The second-order valence-corrected chi connectivity index (χ2v) is 2.96. The van der Waals surface area contributed by atoms with Gasteiger partial charge in [-0.1, -0.05) is 29.8 Å². The van der Waals surface area contributed by atoms with E-state index in [9.17, 15) is 4.79 Å². The van der Waals surface area contributed by atoms with Gasteiger partial charge in [-0.2, -0.15) is 0 Å². The average Bonchev–Trinajstić information content (AvgIpc) is 2.08. The highest BCUT2D eigenvalue weighted by atomic mass is 35.5. The summed E-state index contributed by atoms with van der Waals surface area (Å²) in [5.74, 6) is -0.0942. The van der Waals surface area contributed by atoms with Gasteiger partial charge in [-0.05, 0) is 17.7 Å². The zero-order valence-corrected chi connectivity index (χ0v) is 8.01. The van der Waals surface area contributed by atoms with Crippen LogP contribution < -0.4 is 5.32 Å². The molecule has 0 atom stereocenters. The number of rotatable bonds is 2. The molecule has 0 bridgehead atoms. The van der Waals surface area contributed by atoms with Crippen molar-refractivity contribution in [2.75, 3.05) is 0 Å². The van der Waals surface area contributed by atoms with Crippen molar-refractivity contribution >= 4 is 23.6 Å². The largest absolute Gasteiger partial charge is 0.333 e. The molecule has 1 aromatic rings. The summed E-state index contributed by atoms with van der Waals surface area (Å²) in [5, 5.41) is 3.21. The number of carbonyl (C=O) groups excluding carboxylic acids is 1. The predicted molar refractivity (Wildman–Crippen MR) is 54.3 cm³/mol. The Morgan fingerprint density at radius 1 is 1.46 bits per heavy atom. The van der Waals surface area contributed by atoms with Crippen LogP contribution in [0.25, 0.3) is 6.08 Å². The van der Waals surface area contributed by atoms with Crippen LogP contribution in [-0.2, 0) is 4.79 Å². The van der Waals surface area contributed by atoms with Crippen molar-refractivity contribution in [3.8, 4) is 0 Å². The molecule has 0 saturated carbocycles. The van der Waals surface area contributed by atoms with E-state index in [2.05, 4.69) is 5.32 Å². The minimum Gasteiger partial charge on any atom is -0.333 e. The van der Waals surface area contributed by atoms with Crippen molar-refractivity contribution < 1.29 is 4.79 Å². The molecule has 1 rings (SSSR count). The number of amides is 1. The molecular formula is C10H10ClNO. The minimum absolute atomic E-state index is 0.0942. The van der Waals surface area contributed by atoms with Crippen LogP contribution in [0.4, 0.5) is 0 Å². The monoisotopic (exact) mass is 195 g/mol. The molecular weight excluding hydrogens is 186 g/mol. The molecule has 1 aromatic carbocycles. The number of nitrogens with one attached hydrogen (secondary N) is 1. The summed E-state index contributed by atoms with van der Waals surface area (Å²) in [7, 11) is 0. The summed E-state index contributed by atoms with van der Waals surface area (Å²) in [6.07, 6.45) is 3.33. The number of benzene rings is 1. The molecule has 0 fully saturated rings. The van der Waals surface area contributed by atoms with Crippen LogP contribution in [0.15, 0.2) is 30.5 Å². The lowest BCUT2D eigenvalue weighted by atomic mass is 10.2. The Hall–Kier alpha value is -1.28. The Morgan fingerprint density at radius 2 is 2.15 bits per heavy atom. The highest BCUT2D eigenvalue weighted by Gasteiger charge is 1.92. The first-order valence-corrected chi connectivity index (χ1v) is 4.26. The van der Waals surface area contributed by atoms with Crippen LogP contribution in [0.2, 0.25) is 5.02 Å². The standard InChI is InChI=1S/C10H10ClNO/c1-8(13)12-7-6-9-4-2-3-5-10(9)11/h2-7H,1H3,(H,12,13). The molecule has 0 aliphatic carbocycles. The summed E-state index contributed by atoms with van der Waals surface area (Å²) in [5.41, 5.74) is 0.887. The van der Waals surface area contributed by atoms with E-state index < -0.39 is 0 Å². The van der Waals surface area contributed by atoms with Crippen LogP contribution in [0, 0.1) is 0 Å². The first kappa shape index (κ1) is 9.81. The van der Waals surface area contributed by atoms with Crippen molar-refractivity contribution in [3.63, 3.8) is 0 Å². The maximum Gasteiger partial charge on any atom is 0.220 e. The van der Waals surface area contributed by atoms with Gasteiger partial charge in [0.05, 0.1) is 0 Å².